The zero-order valence-electron chi connectivity index (χ0n) is 10.3. The topological polar surface area (TPSA) is 66.4 Å². The number of nitrogens with one attached hydrogen (secondary N) is 1. The van der Waals surface area contributed by atoms with E-state index < -0.39 is 5.97 Å². The van der Waals surface area contributed by atoms with Gasteiger partial charge in [0.2, 0.25) is 5.91 Å². The lowest BCUT2D eigenvalue weighted by atomic mass is 9.81. The first-order valence-corrected chi connectivity index (χ1v) is 6.18. The maximum absolute atomic E-state index is 11.9. The second-order valence-electron chi connectivity index (χ2n) is 4.83. The van der Waals surface area contributed by atoms with Gasteiger partial charge in [-0.05, 0) is 32.6 Å². The van der Waals surface area contributed by atoms with Crippen molar-refractivity contribution in [3.63, 3.8) is 0 Å². The number of rotatable bonds is 5. The summed E-state index contributed by atoms with van der Waals surface area (Å²) >= 11 is 0. The number of hydrogen-bond acceptors (Lipinski definition) is 2. The van der Waals surface area contributed by atoms with Gasteiger partial charge in [0, 0.05) is 12.0 Å². The Morgan fingerprint density at radius 1 is 1.47 bits per heavy atom. The summed E-state index contributed by atoms with van der Waals surface area (Å²) < 4.78 is 0. The Balaban J connectivity index is 2.46. The first-order chi connectivity index (χ1) is 8.04. The minimum absolute atomic E-state index is 0.00898. The molecule has 3 atom stereocenters. The fourth-order valence-electron chi connectivity index (χ4n) is 2.32. The second kappa shape index (κ2) is 6.42. The van der Waals surface area contributed by atoms with Crippen LogP contribution in [0, 0.1) is 11.8 Å². The lowest BCUT2D eigenvalue weighted by molar-refractivity contribution is -0.144. The highest BCUT2D eigenvalue weighted by Gasteiger charge is 2.31. The fourth-order valence-corrected chi connectivity index (χ4v) is 2.32. The van der Waals surface area contributed by atoms with Crippen molar-refractivity contribution in [2.45, 2.75) is 45.1 Å². The van der Waals surface area contributed by atoms with E-state index in [0.717, 1.165) is 19.3 Å². The molecule has 1 rings (SSSR count). The molecule has 4 heteroatoms. The van der Waals surface area contributed by atoms with Gasteiger partial charge in [0.1, 0.15) is 0 Å². The van der Waals surface area contributed by atoms with E-state index >= 15 is 0 Å². The van der Waals surface area contributed by atoms with Crippen molar-refractivity contribution >= 4 is 11.9 Å². The van der Waals surface area contributed by atoms with Crippen molar-refractivity contribution in [2.75, 3.05) is 0 Å². The number of carbonyl (C=O) groups excluding carboxylic acids is 1. The molecular weight excluding hydrogens is 218 g/mol. The summed E-state index contributed by atoms with van der Waals surface area (Å²) in [5.41, 5.74) is 0. The third kappa shape index (κ3) is 4.21. The quantitative estimate of drug-likeness (QED) is 0.721. The van der Waals surface area contributed by atoms with E-state index in [1.807, 2.05) is 6.92 Å². The van der Waals surface area contributed by atoms with Gasteiger partial charge >= 0.3 is 5.97 Å². The van der Waals surface area contributed by atoms with Crippen molar-refractivity contribution in [2.24, 2.45) is 11.8 Å². The number of aliphatic carboxylic acids is 1. The zero-order valence-corrected chi connectivity index (χ0v) is 10.3. The van der Waals surface area contributed by atoms with E-state index in [4.69, 9.17) is 5.11 Å². The summed E-state index contributed by atoms with van der Waals surface area (Å²) in [7, 11) is 0. The molecule has 0 bridgehead atoms. The lowest BCUT2D eigenvalue weighted by Gasteiger charge is -2.26. The molecule has 3 unspecified atom stereocenters. The van der Waals surface area contributed by atoms with Crippen molar-refractivity contribution in [1.29, 1.82) is 0 Å². The van der Waals surface area contributed by atoms with Gasteiger partial charge in [-0.2, -0.15) is 0 Å². The molecule has 1 saturated carbocycles. The van der Waals surface area contributed by atoms with Crippen LogP contribution in [0.5, 0.6) is 0 Å². The predicted molar refractivity (Wildman–Crippen MR) is 65.5 cm³/mol. The van der Waals surface area contributed by atoms with E-state index in [-0.39, 0.29) is 23.8 Å². The van der Waals surface area contributed by atoms with Crippen LogP contribution in [0.1, 0.15) is 39.0 Å². The number of carboxylic acids is 1. The van der Waals surface area contributed by atoms with Crippen LogP contribution in [-0.4, -0.2) is 23.0 Å². The molecule has 0 saturated heterocycles. The van der Waals surface area contributed by atoms with Gasteiger partial charge in [0.15, 0.2) is 0 Å². The van der Waals surface area contributed by atoms with Crippen LogP contribution in [-0.2, 0) is 9.59 Å². The highest BCUT2D eigenvalue weighted by Crippen LogP contribution is 2.29. The van der Waals surface area contributed by atoms with Gasteiger partial charge in [0.25, 0.3) is 0 Å². The van der Waals surface area contributed by atoms with Crippen molar-refractivity contribution in [1.82, 2.24) is 5.32 Å². The average Bonchev–Trinajstić information content (AvgIpc) is 2.29. The van der Waals surface area contributed by atoms with E-state index in [2.05, 4.69) is 11.9 Å². The van der Waals surface area contributed by atoms with Gasteiger partial charge in [-0.15, -0.1) is 6.58 Å². The summed E-state index contributed by atoms with van der Waals surface area (Å²) in [5, 5.41) is 11.9. The summed E-state index contributed by atoms with van der Waals surface area (Å²) in [5.74, 6) is -1.28. The first kappa shape index (κ1) is 13.7. The molecule has 4 nitrogen and oxygen atoms in total. The maximum atomic E-state index is 11.9. The SMILES string of the molecule is C=CCC(C)NC(=O)C1CCCC(C(=O)O)C1. The van der Waals surface area contributed by atoms with Crippen molar-refractivity contribution in [3.05, 3.63) is 12.7 Å². The summed E-state index contributed by atoms with van der Waals surface area (Å²) in [6.07, 6.45) is 5.30. The molecule has 1 fully saturated rings. The predicted octanol–water partition coefficient (Wildman–Crippen LogP) is 1.96. The number of amides is 1. The number of hydrogen-bond donors (Lipinski definition) is 2. The standard InChI is InChI=1S/C13H21NO3/c1-3-5-9(2)14-12(15)10-6-4-7-11(8-10)13(16)17/h3,9-11H,1,4-8H2,2H3,(H,14,15)(H,16,17). The van der Waals surface area contributed by atoms with Crippen LogP contribution in [0.25, 0.3) is 0 Å². The summed E-state index contributed by atoms with van der Waals surface area (Å²) in [6.45, 7) is 5.55. The van der Waals surface area contributed by atoms with Crippen LogP contribution in [0.15, 0.2) is 12.7 Å². The third-order valence-electron chi connectivity index (χ3n) is 3.30. The van der Waals surface area contributed by atoms with E-state index in [1.165, 1.54) is 0 Å². The van der Waals surface area contributed by atoms with E-state index in [0.29, 0.717) is 12.8 Å². The minimum Gasteiger partial charge on any atom is -0.481 e. The molecule has 0 radical (unpaired) electrons. The van der Waals surface area contributed by atoms with E-state index in [9.17, 15) is 9.59 Å². The molecule has 2 N–H and O–H groups in total. The number of carboxylic acid groups (broad SMARTS) is 1. The third-order valence-corrected chi connectivity index (χ3v) is 3.30. The Bertz CT molecular complexity index is 301. The summed E-state index contributed by atoms with van der Waals surface area (Å²) in [4.78, 5) is 22.8. The van der Waals surface area contributed by atoms with Crippen molar-refractivity contribution < 1.29 is 14.7 Å². The maximum Gasteiger partial charge on any atom is 0.306 e. The Hall–Kier alpha value is -1.32. The Kier molecular flexibility index (Phi) is 5.19. The molecule has 0 heterocycles. The van der Waals surface area contributed by atoms with Crippen molar-refractivity contribution in [3.8, 4) is 0 Å². The van der Waals surface area contributed by atoms with Crippen LogP contribution in [0.3, 0.4) is 0 Å². The first-order valence-electron chi connectivity index (χ1n) is 6.18. The zero-order chi connectivity index (χ0) is 12.8. The second-order valence-corrected chi connectivity index (χ2v) is 4.83. The molecule has 1 aliphatic rings. The average molecular weight is 239 g/mol. The van der Waals surface area contributed by atoms with E-state index in [1.54, 1.807) is 6.08 Å². The smallest absolute Gasteiger partial charge is 0.306 e. The van der Waals surface area contributed by atoms with Crippen LogP contribution < -0.4 is 5.32 Å². The molecule has 0 aromatic heterocycles. The lowest BCUT2D eigenvalue weighted by Crippen LogP contribution is -2.39. The molecule has 0 aromatic rings. The monoisotopic (exact) mass is 239 g/mol. The van der Waals surface area contributed by atoms with Crippen LogP contribution in [0.4, 0.5) is 0 Å². The van der Waals surface area contributed by atoms with Gasteiger partial charge < -0.3 is 10.4 Å². The molecule has 0 aliphatic heterocycles. The molecule has 96 valence electrons. The number of carbonyl (C=O) groups is 2. The van der Waals surface area contributed by atoms with Crippen LogP contribution in [0.2, 0.25) is 0 Å². The molecule has 17 heavy (non-hydrogen) atoms. The Labute approximate surface area is 102 Å². The highest BCUT2D eigenvalue weighted by atomic mass is 16.4. The normalized spacial score (nSPS) is 25.9. The Morgan fingerprint density at radius 3 is 2.71 bits per heavy atom. The van der Waals surface area contributed by atoms with Gasteiger partial charge in [-0.1, -0.05) is 12.5 Å². The van der Waals surface area contributed by atoms with Gasteiger partial charge in [0.05, 0.1) is 5.92 Å². The molecule has 1 aliphatic carbocycles. The molecular formula is C13H21NO3. The highest BCUT2D eigenvalue weighted by molar-refractivity contribution is 5.80. The van der Waals surface area contributed by atoms with Gasteiger partial charge in [-0.25, -0.2) is 0 Å². The molecule has 0 aromatic carbocycles. The fraction of sp³-hybridized carbons (Fsp3) is 0.692. The van der Waals surface area contributed by atoms with Gasteiger partial charge in [-0.3, -0.25) is 9.59 Å². The summed E-state index contributed by atoms with van der Waals surface area (Å²) in [6, 6.07) is 0.0743. The Morgan fingerprint density at radius 2 is 2.12 bits per heavy atom. The molecule has 1 amide bonds. The minimum atomic E-state index is -0.776. The van der Waals surface area contributed by atoms with Crippen LogP contribution >= 0.6 is 0 Å². The largest absolute Gasteiger partial charge is 0.481 e. The molecule has 0 spiro atoms.